The molecule has 0 aromatic heterocycles. The predicted octanol–water partition coefficient (Wildman–Crippen LogP) is 2.60. The highest BCUT2D eigenvalue weighted by Gasteiger charge is 2.18. The van der Waals surface area contributed by atoms with Gasteiger partial charge in [0.05, 0.1) is 13.2 Å². The van der Waals surface area contributed by atoms with Gasteiger partial charge >= 0.3 is 0 Å². The molecular weight excluding hydrogens is 260 g/mol. The molecule has 3 rings (SSSR count). The molecular formula is C15H21ClN2O. The van der Waals surface area contributed by atoms with E-state index in [1.807, 2.05) is 0 Å². The smallest absolute Gasteiger partial charge is 0.0594 e. The Morgan fingerprint density at radius 3 is 2.84 bits per heavy atom. The number of nitrogens with one attached hydrogen (secondary N) is 1. The van der Waals surface area contributed by atoms with Gasteiger partial charge in [0.2, 0.25) is 0 Å². The van der Waals surface area contributed by atoms with Crippen molar-refractivity contribution in [3.05, 3.63) is 34.3 Å². The van der Waals surface area contributed by atoms with Gasteiger partial charge in [-0.05, 0) is 36.6 Å². The first kappa shape index (κ1) is 13.4. The van der Waals surface area contributed by atoms with E-state index in [1.165, 1.54) is 24.0 Å². The zero-order chi connectivity index (χ0) is 13.1. The number of halogens is 1. The van der Waals surface area contributed by atoms with Crippen LogP contribution in [-0.2, 0) is 11.3 Å². The van der Waals surface area contributed by atoms with Gasteiger partial charge in [0.15, 0.2) is 0 Å². The summed E-state index contributed by atoms with van der Waals surface area (Å²) in [6.07, 6.45) is 2.48. The van der Waals surface area contributed by atoms with Crippen molar-refractivity contribution >= 4 is 11.6 Å². The molecule has 19 heavy (non-hydrogen) atoms. The molecule has 0 saturated carbocycles. The van der Waals surface area contributed by atoms with Gasteiger partial charge in [0, 0.05) is 30.7 Å². The molecule has 2 fully saturated rings. The number of benzene rings is 1. The third-order valence-electron chi connectivity index (χ3n) is 4.04. The Kier molecular flexibility index (Phi) is 4.38. The lowest BCUT2D eigenvalue weighted by Gasteiger charge is -2.27. The van der Waals surface area contributed by atoms with E-state index in [9.17, 15) is 0 Å². The number of hydrogen-bond donors (Lipinski definition) is 1. The van der Waals surface area contributed by atoms with E-state index < -0.39 is 0 Å². The lowest BCUT2D eigenvalue weighted by molar-refractivity contribution is 0.0342. The van der Waals surface area contributed by atoms with Crippen LogP contribution in [0.25, 0.3) is 0 Å². The largest absolute Gasteiger partial charge is 0.379 e. The van der Waals surface area contributed by atoms with Crippen molar-refractivity contribution in [2.45, 2.75) is 25.4 Å². The van der Waals surface area contributed by atoms with E-state index in [4.69, 9.17) is 16.3 Å². The summed E-state index contributed by atoms with van der Waals surface area (Å²) in [7, 11) is 0. The highest BCUT2D eigenvalue weighted by Crippen LogP contribution is 2.27. The molecule has 1 aromatic carbocycles. The molecule has 3 nitrogen and oxygen atoms in total. The average molecular weight is 281 g/mol. The number of hydrogen-bond acceptors (Lipinski definition) is 3. The maximum absolute atomic E-state index is 6.44. The molecule has 1 N–H and O–H groups in total. The minimum Gasteiger partial charge on any atom is -0.379 e. The van der Waals surface area contributed by atoms with E-state index in [2.05, 4.69) is 28.4 Å². The maximum atomic E-state index is 6.44. The molecule has 2 saturated heterocycles. The molecule has 4 heteroatoms. The second-order valence-electron chi connectivity index (χ2n) is 5.39. The molecule has 104 valence electrons. The zero-order valence-corrected chi connectivity index (χ0v) is 12.0. The van der Waals surface area contributed by atoms with Crippen molar-refractivity contribution in [1.82, 2.24) is 10.2 Å². The molecule has 1 aromatic rings. The van der Waals surface area contributed by atoms with Crippen LogP contribution in [0.4, 0.5) is 0 Å². The van der Waals surface area contributed by atoms with Crippen molar-refractivity contribution in [2.75, 3.05) is 32.8 Å². The van der Waals surface area contributed by atoms with Crippen LogP contribution in [-0.4, -0.2) is 37.7 Å². The Hall–Kier alpha value is -0.610. The number of morpholine rings is 1. The normalized spacial score (nSPS) is 24.8. The van der Waals surface area contributed by atoms with Gasteiger partial charge in [-0.1, -0.05) is 23.7 Å². The fourth-order valence-electron chi connectivity index (χ4n) is 2.88. The Morgan fingerprint density at radius 2 is 2.16 bits per heavy atom. The third kappa shape index (κ3) is 3.29. The number of ether oxygens (including phenoxy) is 1. The van der Waals surface area contributed by atoms with Gasteiger partial charge in [-0.25, -0.2) is 0 Å². The van der Waals surface area contributed by atoms with Gasteiger partial charge in [0.25, 0.3) is 0 Å². The minimum atomic E-state index is 0.495. The second-order valence-corrected chi connectivity index (χ2v) is 5.80. The summed E-state index contributed by atoms with van der Waals surface area (Å²) in [5.74, 6) is 0. The van der Waals surface area contributed by atoms with Gasteiger partial charge < -0.3 is 10.1 Å². The molecule has 2 heterocycles. The van der Waals surface area contributed by atoms with Crippen molar-refractivity contribution in [3.8, 4) is 0 Å². The van der Waals surface area contributed by atoms with Gasteiger partial charge in [-0.3, -0.25) is 4.90 Å². The summed E-state index contributed by atoms with van der Waals surface area (Å²) in [4.78, 5) is 2.40. The fourth-order valence-corrected chi connectivity index (χ4v) is 3.13. The van der Waals surface area contributed by atoms with Crippen LogP contribution in [0.1, 0.15) is 30.0 Å². The average Bonchev–Trinajstić information content (AvgIpc) is 2.96. The van der Waals surface area contributed by atoms with Crippen LogP contribution < -0.4 is 5.32 Å². The molecule has 0 radical (unpaired) electrons. The summed E-state index contributed by atoms with van der Waals surface area (Å²) in [5.41, 5.74) is 2.55. The highest BCUT2D eigenvalue weighted by molar-refractivity contribution is 6.31. The number of nitrogens with zero attached hydrogens (tertiary/aromatic N) is 1. The summed E-state index contributed by atoms with van der Waals surface area (Å²) >= 11 is 6.44. The lowest BCUT2D eigenvalue weighted by Crippen LogP contribution is -2.35. The van der Waals surface area contributed by atoms with Gasteiger partial charge in [-0.15, -0.1) is 0 Å². The van der Waals surface area contributed by atoms with Crippen LogP contribution in [0, 0.1) is 0 Å². The molecule has 0 bridgehead atoms. The van der Waals surface area contributed by atoms with Crippen LogP contribution in [0.15, 0.2) is 18.2 Å². The lowest BCUT2D eigenvalue weighted by atomic mass is 10.0. The van der Waals surface area contributed by atoms with E-state index in [-0.39, 0.29) is 0 Å². The van der Waals surface area contributed by atoms with Crippen LogP contribution >= 0.6 is 11.6 Å². The standard InChI is InChI=1S/C15H21ClN2O/c16-14-10-12(15-2-1-5-17-15)3-4-13(14)11-18-6-8-19-9-7-18/h3-4,10,15,17H,1-2,5-9,11H2. The SMILES string of the molecule is Clc1cc(C2CCCN2)ccc1CN1CCOCC1. The second kappa shape index (κ2) is 6.23. The fraction of sp³-hybridized carbons (Fsp3) is 0.600. The van der Waals surface area contributed by atoms with Crippen molar-refractivity contribution in [1.29, 1.82) is 0 Å². The topological polar surface area (TPSA) is 24.5 Å². The molecule has 0 aliphatic carbocycles. The van der Waals surface area contributed by atoms with E-state index in [1.54, 1.807) is 0 Å². The van der Waals surface area contributed by atoms with E-state index in [0.717, 1.165) is 44.4 Å². The van der Waals surface area contributed by atoms with Crippen LogP contribution in [0.5, 0.6) is 0 Å². The first-order valence-electron chi connectivity index (χ1n) is 7.15. The Bertz CT molecular complexity index is 426. The summed E-state index contributed by atoms with van der Waals surface area (Å²) in [6.45, 7) is 5.73. The highest BCUT2D eigenvalue weighted by atomic mass is 35.5. The van der Waals surface area contributed by atoms with Crippen molar-refractivity contribution in [2.24, 2.45) is 0 Å². The minimum absolute atomic E-state index is 0.495. The molecule has 0 amide bonds. The Balaban J connectivity index is 1.68. The Morgan fingerprint density at radius 1 is 1.32 bits per heavy atom. The molecule has 2 aliphatic rings. The number of rotatable bonds is 3. The first-order valence-corrected chi connectivity index (χ1v) is 7.52. The molecule has 1 unspecified atom stereocenters. The zero-order valence-electron chi connectivity index (χ0n) is 11.2. The first-order chi connectivity index (χ1) is 9.33. The predicted molar refractivity (Wildman–Crippen MR) is 77.5 cm³/mol. The quantitative estimate of drug-likeness (QED) is 0.921. The molecule has 0 spiro atoms. The molecule has 2 aliphatic heterocycles. The van der Waals surface area contributed by atoms with Gasteiger partial charge in [0.1, 0.15) is 0 Å². The maximum Gasteiger partial charge on any atom is 0.0594 e. The molecule has 1 atom stereocenters. The monoisotopic (exact) mass is 280 g/mol. The van der Waals surface area contributed by atoms with Crippen LogP contribution in [0.3, 0.4) is 0 Å². The van der Waals surface area contributed by atoms with Gasteiger partial charge in [-0.2, -0.15) is 0 Å². The summed E-state index contributed by atoms with van der Waals surface area (Å²) in [5, 5.41) is 4.42. The van der Waals surface area contributed by atoms with E-state index in [0.29, 0.717) is 6.04 Å². The van der Waals surface area contributed by atoms with Crippen LogP contribution in [0.2, 0.25) is 5.02 Å². The Labute approximate surface area is 119 Å². The van der Waals surface area contributed by atoms with E-state index >= 15 is 0 Å². The summed E-state index contributed by atoms with van der Waals surface area (Å²) < 4.78 is 5.37. The van der Waals surface area contributed by atoms with Crippen molar-refractivity contribution < 1.29 is 4.74 Å². The van der Waals surface area contributed by atoms with Crippen molar-refractivity contribution in [3.63, 3.8) is 0 Å². The summed E-state index contributed by atoms with van der Waals surface area (Å²) in [6, 6.07) is 7.05. The third-order valence-corrected chi connectivity index (χ3v) is 4.39.